The van der Waals surface area contributed by atoms with E-state index < -0.39 is 36.7 Å². The van der Waals surface area contributed by atoms with Gasteiger partial charge in [0.05, 0.1) is 25.2 Å². The Hall–Kier alpha value is -2.54. The summed E-state index contributed by atoms with van der Waals surface area (Å²) in [5.41, 5.74) is 1.66. The van der Waals surface area contributed by atoms with E-state index in [0.29, 0.717) is 18.7 Å². The van der Waals surface area contributed by atoms with E-state index in [4.69, 9.17) is 4.74 Å². The maximum absolute atomic E-state index is 14.4. The van der Waals surface area contributed by atoms with Gasteiger partial charge in [0.2, 0.25) is 20.0 Å². The summed E-state index contributed by atoms with van der Waals surface area (Å²) in [5, 5.41) is 2.59. The van der Waals surface area contributed by atoms with Crippen LogP contribution in [0.4, 0.5) is 15.8 Å². The Bertz CT molecular complexity index is 1270. The molecule has 1 N–H and O–H groups in total. The molecule has 2 aliphatic heterocycles. The van der Waals surface area contributed by atoms with Gasteiger partial charge in [0.25, 0.3) is 5.91 Å². The highest BCUT2D eigenvalue weighted by atomic mass is 32.2. The molecule has 2 aromatic carbocycles. The molecule has 1 amide bonds. The number of ether oxygens (including phenoxy) is 1. The fraction of sp³-hybridized carbons (Fsp3) is 0.350. The quantitative estimate of drug-likeness (QED) is 0.688. The van der Waals surface area contributed by atoms with Gasteiger partial charge in [0.15, 0.2) is 0 Å². The van der Waals surface area contributed by atoms with E-state index >= 15 is 0 Å². The van der Waals surface area contributed by atoms with Crippen LogP contribution in [0.15, 0.2) is 41.3 Å². The molecule has 2 heterocycles. The summed E-state index contributed by atoms with van der Waals surface area (Å²) in [4.78, 5) is 12.2. The number of halogens is 1. The van der Waals surface area contributed by atoms with Crippen molar-refractivity contribution >= 4 is 37.3 Å². The second kappa shape index (κ2) is 8.43. The van der Waals surface area contributed by atoms with Crippen molar-refractivity contribution in [2.24, 2.45) is 0 Å². The van der Waals surface area contributed by atoms with Crippen LogP contribution in [0.1, 0.15) is 15.9 Å². The van der Waals surface area contributed by atoms with Crippen molar-refractivity contribution in [3.8, 4) is 0 Å². The zero-order valence-electron chi connectivity index (χ0n) is 17.2. The molecular formula is C20H22FN3O6S2. The Morgan fingerprint density at radius 3 is 2.44 bits per heavy atom. The number of nitrogens with one attached hydrogen (secondary N) is 1. The van der Waals surface area contributed by atoms with Crippen molar-refractivity contribution < 1.29 is 30.8 Å². The third-order valence-corrected chi connectivity index (χ3v) is 8.47. The first-order chi connectivity index (χ1) is 15.1. The first-order valence-corrected chi connectivity index (χ1v) is 13.2. The average molecular weight is 484 g/mol. The second-order valence-electron chi connectivity index (χ2n) is 7.54. The topological polar surface area (TPSA) is 113 Å². The molecule has 0 spiro atoms. The monoisotopic (exact) mass is 483 g/mol. The molecule has 12 heteroatoms. The minimum absolute atomic E-state index is 0.123. The summed E-state index contributed by atoms with van der Waals surface area (Å²) < 4.78 is 71.3. The fourth-order valence-electron chi connectivity index (χ4n) is 3.77. The lowest BCUT2D eigenvalue weighted by atomic mass is 10.1. The van der Waals surface area contributed by atoms with Gasteiger partial charge in [-0.1, -0.05) is 0 Å². The molecule has 4 rings (SSSR count). The maximum atomic E-state index is 14.4. The Balaban J connectivity index is 1.56. The molecule has 0 bridgehead atoms. The highest BCUT2D eigenvalue weighted by Gasteiger charge is 2.30. The number of benzene rings is 2. The van der Waals surface area contributed by atoms with Crippen LogP contribution in [0, 0.1) is 5.82 Å². The van der Waals surface area contributed by atoms with Gasteiger partial charge in [-0.25, -0.2) is 21.2 Å². The number of hydrogen-bond acceptors (Lipinski definition) is 6. The van der Waals surface area contributed by atoms with Gasteiger partial charge >= 0.3 is 0 Å². The van der Waals surface area contributed by atoms with E-state index in [1.807, 2.05) is 0 Å². The highest BCUT2D eigenvalue weighted by molar-refractivity contribution is 7.92. The molecule has 0 unspecified atom stereocenters. The Kier molecular flexibility index (Phi) is 5.96. The summed E-state index contributed by atoms with van der Waals surface area (Å²) in [5.74, 6) is -1.43. The molecule has 0 atom stereocenters. The van der Waals surface area contributed by atoms with E-state index in [0.717, 1.165) is 28.3 Å². The van der Waals surface area contributed by atoms with E-state index in [2.05, 4.69) is 5.32 Å². The summed E-state index contributed by atoms with van der Waals surface area (Å²) >= 11 is 0. The van der Waals surface area contributed by atoms with Gasteiger partial charge in [-0.15, -0.1) is 0 Å². The van der Waals surface area contributed by atoms with Crippen LogP contribution in [0.2, 0.25) is 0 Å². The third-order valence-electron chi connectivity index (χ3n) is 5.37. The van der Waals surface area contributed by atoms with E-state index in [-0.39, 0.29) is 37.6 Å². The lowest BCUT2D eigenvalue weighted by Crippen LogP contribution is -2.40. The Morgan fingerprint density at radius 1 is 1.03 bits per heavy atom. The first kappa shape index (κ1) is 22.6. The van der Waals surface area contributed by atoms with Gasteiger partial charge < -0.3 is 10.1 Å². The molecule has 0 saturated carbocycles. The number of sulfonamides is 2. The van der Waals surface area contributed by atoms with Crippen molar-refractivity contribution in [1.82, 2.24) is 4.31 Å². The number of amides is 1. The van der Waals surface area contributed by atoms with Crippen LogP contribution in [-0.2, 0) is 31.2 Å². The predicted molar refractivity (Wildman–Crippen MR) is 116 cm³/mol. The van der Waals surface area contributed by atoms with Gasteiger partial charge in [-0.2, -0.15) is 4.31 Å². The standard InChI is InChI=1S/C20H22FN3O6S2/c1-31(26,27)24-7-6-14-12-15(2-5-18(14)24)20(25)22-16-3-4-17(21)19(13-16)32(28,29)23-8-10-30-11-9-23/h2-5,12-13H,6-11H2,1H3,(H,22,25). The number of carbonyl (C=O) groups is 1. The predicted octanol–water partition coefficient (Wildman–Crippen LogP) is 1.42. The van der Waals surface area contributed by atoms with Crippen molar-refractivity contribution in [1.29, 1.82) is 0 Å². The van der Waals surface area contributed by atoms with Crippen LogP contribution >= 0.6 is 0 Å². The molecule has 2 aromatic rings. The van der Waals surface area contributed by atoms with Crippen molar-refractivity contribution in [3.63, 3.8) is 0 Å². The molecule has 172 valence electrons. The van der Waals surface area contributed by atoms with Crippen LogP contribution in [0.3, 0.4) is 0 Å². The summed E-state index contributed by atoms with van der Waals surface area (Å²) in [6, 6.07) is 8.03. The zero-order valence-corrected chi connectivity index (χ0v) is 18.9. The Labute approximate surface area is 185 Å². The first-order valence-electron chi connectivity index (χ1n) is 9.87. The van der Waals surface area contributed by atoms with Crippen LogP contribution < -0.4 is 9.62 Å². The van der Waals surface area contributed by atoms with Crippen molar-refractivity contribution in [2.45, 2.75) is 11.3 Å². The number of hydrogen-bond donors (Lipinski definition) is 1. The summed E-state index contributed by atoms with van der Waals surface area (Å²) in [6.07, 6.45) is 1.60. The molecule has 0 aromatic heterocycles. The van der Waals surface area contributed by atoms with Gasteiger partial charge in [-0.05, 0) is 48.4 Å². The summed E-state index contributed by atoms with van der Waals surface area (Å²) in [6.45, 7) is 1.01. The van der Waals surface area contributed by atoms with E-state index in [1.54, 1.807) is 12.1 Å². The second-order valence-corrected chi connectivity index (χ2v) is 11.4. The molecule has 1 saturated heterocycles. The highest BCUT2D eigenvalue weighted by Crippen LogP contribution is 2.31. The number of carbonyl (C=O) groups excluding carboxylic acids is 1. The molecule has 2 aliphatic rings. The third kappa shape index (κ3) is 4.35. The average Bonchev–Trinajstić information content (AvgIpc) is 3.19. The minimum atomic E-state index is -4.08. The van der Waals surface area contributed by atoms with E-state index in [9.17, 15) is 26.0 Å². The van der Waals surface area contributed by atoms with Gasteiger partial charge in [0.1, 0.15) is 10.7 Å². The van der Waals surface area contributed by atoms with Crippen molar-refractivity contribution in [3.05, 3.63) is 53.3 Å². The Morgan fingerprint density at radius 2 is 1.75 bits per heavy atom. The van der Waals surface area contributed by atoms with Crippen LogP contribution in [0.25, 0.3) is 0 Å². The van der Waals surface area contributed by atoms with Gasteiger partial charge in [-0.3, -0.25) is 9.10 Å². The summed E-state index contributed by atoms with van der Waals surface area (Å²) in [7, 11) is -7.48. The maximum Gasteiger partial charge on any atom is 0.255 e. The molecule has 9 nitrogen and oxygen atoms in total. The molecule has 0 radical (unpaired) electrons. The largest absolute Gasteiger partial charge is 0.379 e. The van der Waals surface area contributed by atoms with Gasteiger partial charge in [0, 0.05) is 30.9 Å². The van der Waals surface area contributed by atoms with Crippen molar-refractivity contribution in [2.75, 3.05) is 48.7 Å². The normalized spacial score (nSPS) is 17.2. The van der Waals surface area contributed by atoms with Crippen LogP contribution in [0.5, 0.6) is 0 Å². The lowest BCUT2D eigenvalue weighted by Gasteiger charge is -2.26. The molecule has 0 aliphatic carbocycles. The smallest absolute Gasteiger partial charge is 0.255 e. The minimum Gasteiger partial charge on any atom is -0.379 e. The number of morpholine rings is 1. The zero-order chi connectivity index (χ0) is 23.1. The lowest BCUT2D eigenvalue weighted by molar-refractivity contribution is 0.0729. The number of fused-ring (bicyclic) bond motifs is 1. The number of nitrogens with zero attached hydrogens (tertiary/aromatic N) is 2. The van der Waals surface area contributed by atoms with E-state index in [1.165, 1.54) is 16.4 Å². The molecule has 32 heavy (non-hydrogen) atoms. The SMILES string of the molecule is CS(=O)(=O)N1CCc2cc(C(=O)Nc3ccc(F)c(S(=O)(=O)N4CCOCC4)c3)ccc21. The number of anilines is 2. The molecule has 1 fully saturated rings. The molecular weight excluding hydrogens is 461 g/mol. The number of rotatable bonds is 5. The fourth-order valence-corrected chi connectivity index (χ4v) is 6.22. The van der Waals surface area contributed by atoms with Crippen LogP contribution in [-0.4, -0.2) is 66.2 Å².